The maximum Gasteiger partial charge on any atom is 0.123 e. The molecule has 0 saturated carbocycles. The van der Waals surface area contributed by atoms with E-state index in [2.05, 4.69) is 35.3 Å². The SMILES string of the molecule is CC(N)(c1cncc(-c2ccccc2)c1)[C@@H]1CCc2ccccc2O1. The number of pyridine rings is 1. The van der Waals surface area contributed by atoms with E-state index in [-0.39, 0.29) is 6.10 Å². The summed E-state index contributed by atoms with van der Waals surface area (Å²) >= 11 is 0. The summed E-state index contributed by atoms with van der Waals surface area (Å²) in [6.45, 7) is 2.04. The van der Waals surface area contributed by atoms with Gasteiger partial charge in [0.1, 0.15) is 11.9 Å². The van der Waals surface area contributed by atoms with Crippen molar-refractivity contribution < 1.29 is 4.74 Å². The van der Waals surface area contributed by atoms with Crippen LogP contribution >= 0.6 is 0 Å². The molecule has 0 bridgehead atoms. The summed E-state index contributed by atoms with van der Waals surface area (Å²) in [6.07, 6.45) is 5.55. The Labute approximate surface area is 148 Å². The van der Waals surface area contributed by atoms with Gasteiger partial charge >= 0.3 is 0 Å². The van der Waals surface area contributed by atoms with Crippen LogP contribution in [-0.2, 0) is 12.0 Å². The van der Waals surface area contributed by atoms with Gasteiger partial charge < -0.3 is 10.5 Å². The van der Waals surface area contributed by atoms with Crippen LogP contribution in [0.2, 0.25) is 0 Å². The third-order valence-corrected chi connectivity index (χ3v) is 5.05. The molecule has 4 rings (SSSR count). The number of benzene rings is 2. The maximum absolute atomic E-state index is 6.75. The average Bonchev–Trinajstić information content (AvgIpc) is 2.68. The van der Waals surface area contributed by atoms with E-state index in [1.165, 1.54) is 5.56 Å². The minimum Gasteiger partial charge on any atom is -0.488 e. The molecule has 126 valence electrons. The molecule has 25 heavy (non-hydrogen) atoms. The van der Waals surface area contributed by atoms with Crippen LogP contribution < -0.4 is 10.5 Å². The van der Waals surface area contributed by atoms with Gasteiger partial charge in [-0.05, 0) is 48.6 Å². The molecule has 3 heteroatoms. The van der Waals surface area contributed by atoms with Gasteiger partial charge in [-0.15, -0.1) is 0 Å². The number of nitrogens with zero attached hydrogens (tertiary/aromatic N) is 1. The molecule has 0 saturated heterocycles. The molecular formula is C22H22N2O. The molecule has 0 amide bonds. The molecule has 3 nitrogen and oxygen atoms in total. The second-order valence-corrected chi connectivity index (χ2v) is 6.86. The lowest BCUT2D eigenvalue weighted by Crippen LogP contribution is -2.49. The van der Waals surface area contributed by atoms with Crippen molar-refractivity contribution in [3.8, 4) is 16.9 Å². The Balaban J connectivity index is 1.65. The maximum atomic E-state index is 6.75. The van der Waals surface area contributed by atoms with E-state index >= 15 is 0 Å². The Hall–Kier alpha value is -2.65. The predicted octanol–water partition coefficient (Wildman–Crippen LogP) is 4.32. The van der Waals surface area contributed by atoms with Gasteiger partial charge in [-0.1, -0.05) is 48.5 Å². The fourth-order valence-electron chi connectivity index (χ4n) is 3.46. The van der Waals surface area contributed by atoms with E-state index in [0.717, 1.165) is 35.3 Å². The molecule has 0 fully saturated rings. The molecular weight excluding hydrogens is 308 g/mol. The summed E-state index contributed by atoms with van der Waals surface area (Å²) in [5, 5.41) is 0. The van der Waals surface area contributed by atoms with Crippen molar-refractivity contribution in [3.63, 3.8) is 0 Å². The second kappa shape index (κ2) is 6.34. The van der Waals surface area contributed by atoms with Gasteiger partial charge in [-0.25, -0.2) is 0 Å². The topological polar surface area (TPSA) is 48.1 Å². The molecule has 1 aromatic heterocycles. The van der Waals surface area contributed by atoms with E-state index in [4.69, 9.17) is 10.5 Å². The van der Waals surface area contributed by atoms with Gasteiger partial charge in [-0.2, -0.15) is 0 Å². The third kappa shape index (κ3) is 3.03. The molecule has 0 radical (unpaired) electrons. The van der Waals surface area contributed by atoms with Crippen LogP contribution in [0.15, 0.2) is 73.1 Å². The standard InChI is InChI=1S/C22H22N2O/c1-22(23,21-12-11-17-9-5-6-10-20(17)25-21)19-13-18(14-24-15-19)16-7-3-2-4-8-16/h2-10,13-15,21H,11-12,23H2,1H3/t21-,22?/m0/s1. The number of para-hydroxylation sites is 1. The van der Waals surface area contributed by atoms with Crippen molar-refractivity contribution in [3.05, 3.63) is 84.2 Å². The number of ether oxygens (including phenoxy) is 1. The molecule has 0 spiro atoms. The molecule has 2 heterocycles. The molecule has 2 N–H and O–H groups in total. The first kappa shape index (κ1) is 15.9. The van der Waals surface area contributed by atoms with E-state index in [0.29, 0.717) is 0 Å². The first-order valence-corrected chi connectivity index (χ1v) is 8.69. The van der Waals surface area contributed by atoms with Crippen LogP contribution in [0, 0.1) is 0 Å². The molecule has 2 atom stereocenters. The van der Waals surface area contributed by atoms with Crippen LogP contribution in [0.3, 0.4) is 0 Å². The van der Waals surface area contributed by atoms with Crippen molar-refractivity contribution in [2.75, 3.05) is 0 Å². The van der Waals surface area contributed by atoms with Crippen molar-refractivity contribution in [1.29, 1.82) is 0 Å². The van der Waals surface area contributed by atoms with Crippen LogP contribution in [0.4, 0.5) is 0 Å². The summed E-state index contributed by atoms with van der Waals surface area (Å²) in [4.78, 5) is 4.43. The zero-order valence-corrected chi connectivity index (χ0v) is 14.4. The highest BCUT2D eigenvalue weighted by atomic mass is 16.5. The first-order valence-electron chi connectivity index (χ1n) is 8.69. The number of hydrogen-bond acceptors (Lipinski definition) is 3. The van der Waals surface area contributed by atoms with Crippen LogP contribution in [-0.4, -0.2) is 11.1 Å². The van der Waals surface area contributed by atoms with E-state index < -0.39 is 5.54 Å². The first-order chi connectivity index (χ1) is 12.1. The fraction of sp³-hybridized carbons (Fsp3) is 0.227. The molecule has 1 unspecified atom stereocenters. The van der Waals surface area contributed by atoms with Crippen LogP contribution in [0.5, 0.6) is 5.75 Å². The monoisotopic (exact) mass is 330 g/mol. The average molecular weight is 330 g/mol. The molecule has 1 aliphatic heterocycles. The number of aryl methyl sites for hydroxylation is 1. The van der Waals surface area contributed by atoms with E-state index in [1.807, 2.05) is 49.6 Å². The number of nitrogens with two attached hydrogens (primary N) is 1. The number of fused-ring (bicyclic) bond motifs is 1. The summed E-state index contributed by atoms with van der Waals surface area (Å²) < 4.78 is 6.24. The number of aromatic nitrogens is 1. The highest BCUT2D eigenvalue weighted by Gasteiger charge is 2.36. The van der Waals surface area contributed by atoms with Crippen molar-refractivity contribution in [2.45, 2.75) is 31.4 Å². The van der Waals surface area contributed by atoms with E-state index in [1.54, 1.807) is 0 Å². The Kier molecular flexibility index (Phi) is 4.02. The van der Waals surface area contributed by atoms with Crippen LogP contribution in [0.1, 0.15) is 24.5 Å². The fourth-order valence-corrected chi connectivity index (χ4v) is 3.46. The number of hydrogen-bond donors (Lipinski definition) is 1. The Morgan fingerprint density at radius 3 is 2.60 bits per heavy atom. The van der Waals surface area contributed by atoms with Crippen molar-refractivity contribution in [2.24, 2.45) is 5.73 Å². The van der Waals surface area contributed by atoms with Crippen LogP contribution in [0.25, 0.3) is 11.1 Å². The lowest BCUT2D eigenvalue weighted by molar-refractivity contribution is 0.0958. The van der Waals surface area contributed by atoms with Gasteiger partial charge in [0, 0.05) is 18.0 Å². The summed E-state index contributed by atoms with van der Waals surface area (Å²) in [7, 11) is 0. The normalized spacial score (nSPS) is 18.7. The highest BCUT2D eigenvalue weighted by molar-refractivity contribution is 5.63. The minimum atomic E-state index is -0.606. The zero-order chi connectivity index (χ0) is 17.3. The van der Waals surface area contributed by atoms with Gasteiger partial charge in [0.25, 0.3) is 0 Å². The Morgan fingerprint density at radius 1 is 1.00 bits per heavy atom. The van der Waals surface area contributed by atoms with Crippen molar-refractivity contribution >= 4 is 0 Å². The number of rotatable bonds is 3. The molecule has 2 aromatic carbocycles. The Bertz CT molecular complexity index is 874. The summed E-state index contributed by atoms with van der Waals surface area (Å²) in [5.41, 5.74) is 10.6. The smallest absolute Gasteiger partial charge is 0.123 e. The van der Waals surface area contributed by atoms with Gasteiger partial charge in [0.05, 0.1) is 5.54 Å². The molecule has 1 aliphatic rings. The quantitative estimate of drug-likeness (QED) is 0.778. The minimum absolute atomic E-state index is 0.0739. The lowest BCUT2D eigenvalue weighted by Gasteiger charge is -2.38. The van der Waals surface area contributed by atoms with Gasteiger partial charge in [0.15, 0.2) is 0 Å². The largest absolute Gasteiger partial charge is 0.488 e. The van der Waals surface area contributed by atoms with E-state index in [9.17, 15) is 0 Å². The summed E-state index contributed by atoms with van der Waals surface area (Å²) in [5.74, 6) is 0.947. The third-order valence-electron chi connectivity index (χ3n) is 5.05. The van der Waals surface area contributed by atoms with Crippen molar-refractivity contribution in [1.82, 2.24) is 4.98 Å². The Morgan fingerprint density at radius 2 is 1.76 bits per heavy atom. The second-order valence-electron chi connectivity index (χ2n) is 6.86. The highest BCUT2D eigenvalue weighted by Crippen LogP contribution is 2.35. The zero-order valence-electron chi connectivity index (χ0n) is 14.4. The predicted molar refractivity (Wildman–Crippen MR) is 100 cm³/mol. The lowest BCUT2D eigenvalue weighted by atomic mass is 9.83. The molecule has 3 aromatic rings. The summed E-state index contributed by atoms with van der Waals surface area (Å²) in [6, 6.07) is 20.6. The van der Waals surface area contributed by atoms with Gasteiger partial charge in [-0.3, -0.25) is 4.98 Å². The molecule has 0 aliphatic carbocycles. The van der Waals surface area contributed by atoms with Gasteiger partial charge in [0.2, 0.25) is 0 Å².